The van der Waals surface area contributed by atoms with Crippen LogP contribution in [0.1, 0.15) is 104 Å². The molecule has 0 amide bonds. The van der Waals surface area contributed by atoms with Crippen molar-refractivity contribution in [3.8, 4) is 0 Å². The Morgan fingerprint density at radius 3 is 1.81 bits per heavy atom. The summed E-state index contributed by atoms with van der Waals surface area (Å²) in [5.41, 5.74) is 6.71. The molecule has 9 atom stereocenters. The Hall–Kier alpha value is -1.83. The molecule has 7 nitrogen and oxygen atoms in total. The molecule has 4 saturated carbocycles. The lowest BCUT2D eigenvalue weighted by Crippen LogP contribution is -2.47. The first-order valence-corrected chi connectivity index (χ1v) is 19.1. The lowest BCUT2D eigenvalue weighted by atomic mass is 9.62. The molecule has 3 heterocycles. The van der Waals surface area contributed by atoms with E-state index in [4.69, 9.17) is 14.2 Å². The smallest absolute Gasteiger partial charge is 0.310 e. The van der Waals surface area contributed by atoms with E-state index < -0.39 is 5.60 Å². The number of hydrogen-bond acceptors (Lipinski definition) is 7. The molecule has 0 bridgehead atoms. The van der Waals surface area contributed by atoms with Crippen LogP contribution in [0.5, 0.6) is 0 Å². The first kappa shape index (κ1) is 33.7. The second-order valence-corrected chi connectivity index (χ2v) is 16.7. The van der Waals surface area contributed by atoms with E-state index in [1.54, 1.807) is 0 Å². The van der Waals surface area contributed by atoms with Crippen molar-refractivity contribution in [2.24, 2.45) is 29.6 Å². The Labute approximate surface area is 285 Å². The van der Waals surface area contributed by atoms with E-state index in [1.165, 1.54) is 47.4 Å². The SMILES string of the molecule is COC1CCC2C(C1)C(C(=CC1(C3CCC(N(C)C)CC3)OC(=O)C3CCCCC31)C1=C(C)N(C)C3CCC(OC)CC13)=C(C)N2C. The van der Waals surface area contributed by atoms with Gasteiger partial charge in [-0.3, -0.25) is 4.79 Å². The van der Waals surface area contributed by atoms with Gasteiger partial charge >= 0.3 is 5.97 Å². The summed E-state index contributed by atoms with van der Waals surface area (Å²) in [6, 6.07) is 1.60. The van der Waals surface area contributed by atoms with Crippen molar-refractivity contribution < 1.29 is 19.0 Å². The molecule has 9 unspecified atom stereocenters. The van der Waals surface area contributed by atoms with Crippen LogP contribution >= 0.6 is 0 Å². The average molecular weight is 650 g/mol. The minimum Gasteiger partial charge on any atom is -0.454 e. The number of fused-ring (bicyclic) bond motifs is 3. The highest BCUT2D eigenvalue weighted by molar-refractivity contribution is 5.77. The molecule has 7 heteroatoms. The summed E-state index contributed by atoms with van der Waals surface area (Å²) in [6.07, 6.45) is 18.9. The van der Waals surface area contributed by atoms with E-state index >= 15 is 0 Å². The summed E-state index contributed by atoms with van der Waals surface area (Å²) in [6.45, 7) is 4.74. The van der Waals surface area contributed by atoms with Gasteiger partial charge in [-0.1, -0.05) is 12.8 Å². The fourth-order valence-electron chi connectivity index (χ4n) is 11.9. The number of carbonyl (C=O) groups is 1. The van der Waals surface area contributed by atoms with Crippen molar-refractivity contribution in [1.29, 1.82) is 0 Å². The maximum absolute atomic E-state index is 14.0. The minimum atomic E-state index is -0.548. The van der Waals surface area contributed by atoms with Crippen molar-refractivity contribution in [2.45, 2.75) is 140 Å². The Kier molecular flexibility index (Phi) is 9.40. The molecule has 4 aliphatic carbocycles. The number of cyclic esters (lactones) is 1. The lowest BCUT2D eigenvalue weighted by Gasteiger charge is -2.45. The van der Waals surface area contributed by atoms with Crippen molar-refractivity contribution in [3.63, 3.8) is 0 Å². The third-order valence-corrected chi connectivity index (χ3v) is 14.7. The molecule has 3 aliphatic heterocycles. The normalized spacial score (nSPS) is 42.1. The second kappa shape index (κ2) is 13.1. The fourth-order valence-corrected chi connectivity index (χ4v) is 11.9. The van der Waals surface area contributed by atoms with Gasteiger partial charge < -0.3 is 28.9 Å². The van der Waals surface area contributed by atoms with Crippen LogP contribution in [0.25, 0.3) is 0 Å². The van der Waals surface area contributed by atoms with Gasteiger partial charge in [0.1, 0.15) is 5.60 Å². The Morgan fingerprint density at radius 2 is 1.30 bits per heavy atom. The van der Waals surface area contributed by atoms with E-state index in [0.29, 0.717) is 35.9 Å². The molecule has 0 aromatic heterocycles. The number of nitrogens with zero attached hydrogens (tertiary/aromatic N) is 3. The zero-order chi connectivity index (χ0) is 33.2. The van der Waals surface area contributed by atoms with Gasteiger partial charge in [0.25, 0.3) is 0 Å². The third-order valence-electron chi connectivity index (χ3n) is 14.7. The molecule has 0 aromatic rings. The third kappa shape index (κ3) is 5.53. The molecule has 7 rings (SSSR count). The molecule has 0 radical (unpaired) electrons. The van der Waals surface area contributed by atoms with E-state index in [1.807, 2.05) is 14.2 Å². The standard InChI is InChI=1S/C40H63N3O4/c1-24-37(31-21-28(45-7)17-19-35(31)42(24)5)33(38-25(2)43(6)36-20-18-29(46-8)22-32(36)38)23-40(26-13-15-27(16-14-26)41(3)4)34-12-10-9-11-30(34)39(44)47-40/h23,26-32,34-36H,9-22H2,1-8H3. The van der Waals surface area contributed by atoms with Gasteiger partial charge in [0.2, 0.25) is 0 Å². The van der Waals surface area contributed by atoms with E-state index in [0.717, 1.165) is 70.6 Å². The van der Waals surface area contributed by atoms with Gasteiger partial charge in [0.05, 0.1) is 18.1 Å². The van der Waals surface area contributed by atoms with Gasteiger partial charge in [-0.15, -0.1) is 0 Å². The molecule has 1 saturated heterocycles. The topological polar surface area (TPSA) is 54.5 Å². The molecule has 0 spiro atoms. The predicted molar refractivity (Wildman–Crippen MR) is 187 cm³/mol. The van der Waals surface area contributed by atoms with E-state index in [-0.39, 0.29) is 30.0 Å². The molecule has 0 aromatic carbocycles. The zero-order valence-electron chi connectivity index (χ0n) is 30.7. The van der Waals surface area contributed by atoms with Crippen molar-refractivity contribution >= 4 is 5.97 Å². The second-order valence-electron chi connectivity index (χ2n) is 16.7. The summed E-state index contributed by atoms with van der Waals surface area (Å²) in [5, 5.41) is 0. The van der Waals surface area contributed by atoms with Gasteiger partial charge in [-0.2, -0.15) is 0 Å². The molecular formula is C40H63N3O4. The number of hydrogen-bond donors (Lipinski definition) is 0. The van der Waals surface area contributed by atoms with Gasteiger partial charge in [0, 0.05) is 81.5 Å². The van der Waals surface area contributed by atoms with Crippen LogP contribution in [-0.4, -0.2) is 99.0 Å². The number of methoxy groups -OCH3 is 2. The van der Waals surface area contributed by atoms with E-state index in [9.17, 15) is 4.79 Å². The van der Waals surface area contributed by atoms with Crippen LogP contribution in [0.4, 0.5) is 0 Å². The Balaban J connectivity index is 1.42. The molecule has 0 N–H and O–H groups in total. The summed E-state index contributed by atoms with van der Waals surface area (Å²) in [5.74, 6) is 1.56. The average Bonchev–Trinajstić information content (AvgIpc) is 3.62. The number of rotatable bonds is 7. The summed E-state index contributed by atoms with van der Waals surface area (Å²) in [4.78, 5) is 21.6. The minimum absolute atomic E-state index is 0.0380. The Bertz CT molecular complexity index is 1240. The zero-order valence-corrected chi connectivity index (χ0v) is 30.7. The first-order valence-electron chi connectivity index (χ1n) is 19.1. The number of ether oxygens (including phenoxy) is 3. The summed E-state index contributed by atoms with van der Waals surface area (Å²) >= 11 is 0. The van der Waals surface area contributed by atoms with Crippen LogP contribution < -0.4 is 0 Å². The highest BCUT2D eigenvalue weighted by Crippen LogP contribution is 2.58. The molecule has 47 heavy (non-hydrogen) atoms. The van der Waals surface area contributed by atoms with E-state index in [2.05, 4.69) is 62.8 Å². The molecular weight excluding hydrogens is 586 g/mol. The van der Waals surface area contributed by atoms with Crippen LogP contribution in [0, 0.1) is 29.6 Å². The number of esters is 1. The lowest BCUT2D eigenvalue weighted by molar-refractivity contribution is -0.152. The fraction of sp³-hybridized carbons (Fsp3) is 0.825. The first-order chi connectivity index (χ1) is 22.6. The highest BCUT2D eigenvalue weighted by Gasteiger charge is 2.60. The number of carbonyl (C=O) groups excluding carboxylic acids is 1. The molecule has 7 aliphatic rings. The van der Waals surface area contributed by atoms with Gasteiger partial charge in [-0.25, -0.2) is 0 Å². The quantitative estimate of drug-likeness (QED) is 0.277. The van der Waals surface area contributed by atoms with Gasteiger partial charge in [-0.05, 0) is 128 Å². The maximum Gasteiger partial charge on any atom is 0.310 e. The van der Waals surface area contributed by atoms with Crippen molar-refractivity contribution in [1.82, 2.24) is 14.7 Å². The van der Waals surface area contributed by atoms with Crippen LogP contribution in [0.3, 0.4) is 0 Å². The molecule has 262 valence electrons. The largest absolute Gasteiger partial charge is 0.454 e. The van der Waals surface area contributed by atoms with Crippen LogP contribution in [0.15, 0.2) is 34.2 Å². The summed E-state index contributed by atoms with van der Waals surface area (Å²) in [7, 11) is 12.9. The predicted octanol–water partition coefficient (Wildman–Crippen LogP) is 6.94. The summed E-state index contributed by atoms with van der Waals surface area (Å²) < 4.78 is 19.1. The Morgan fingerprint density at radius 1 is 0.766 bits per heavy atom. The van der Waals surface area contributed by atoms with Crippen LogP contribution in [-0.2, 0) is 19.0 Å². The maximum atomic E-state index is 14.0. The monoisotopic (exact) mass is 649 g/mol. The van der Waals surface area contributed by atoms with Gasteiger partial charge in [0.15, 0.2) is 0 Å². The van der Waals surface area contributed by atoms with Crippen LogP contribution in [0.2, 0.25) is 0 Å². The highest BCUT2D eigenvalue weighted by atomic mass is 16.6. The van der Waals surface area contributed by atoms with Crippen molar-refractivity contribution in [3.05, 3.63) is 34.2 Å². The van der Waals surface area contributed by atoms with Crippen molar-refractivity contribution in [2.75, 3.05) is 42.4 Å². The number of allylic oxidation sites excluding steroid dienone is 3. The molecule has 5 fully saturated rings.